The maximum absolute atomic E-state index is 12.7. The van der Waals surface area contributed by atoms with E-state index < -0.39 is 5.41 Å². The number of carbonyl (C=O) groups excluding carboxylic acids is 2. The molecule has 6 nitrogen and oxygen atoms in total. The molecule has 0 aromatic rings. The molecule has 2 amide bonds. The first-order chi connectivity index (χ1) is 9.38. The van der Waals surface area contributed by atoms with Crippen molar-refractivity contribution in [2.24, 2.45) is 11.1 Å². The fraction of sp³-hybridized carbons (Fsp3) is 0.857. The van der Waals surface area contributed by atoms with E-state index in [1.807, 2.05) is 13.8 Å². The first-order valence-electron chi connectivity index (χ1n) is 7.07. The van der Waals surface area contributed by atoms with E-state index in [1.54, 1.807) is 26.1 Å². The van der Waals surface area contributed by atoms with Gasteiger partial charge in [0.15, 0.2) is 0 Å². The number of nitrogens with two attached hydrogens (primary N) is 1. The molecule has 0 aromatic heterocycles. The van der Waals surface area contributed by atoms with E-state index in [0.29, 0.717) is 32.5 Å². The number of hydrogen-bond donors (Lipinski definition) is 1. The fourth-order valence-corrected chi connectivity index (χ4v) is 2.02. The molecule has 0 atom stereocenters. The number of hydrogen-bond acceptors (Lipinski definition) is 4. The number of nitrogens with zero attached hydrogens (tertiary/aromatic N) is 2. The van der Waals surface area contributed by atoms with Crippen LogP contribution in [0.5, 0.6) is 0 Å². The van der Waals surface area contributed by atoms with Crippen LogP contribution >= 0.6 is 0 Å². The Balaban J connectivity index is 5.09. The summed E-state index contributed by atoms with van der Waals surface area (Å²) in [6.45, 7) is 5.07. The van der Waals surface area contributed by atoms with E-state index >= 15 is 0 Å². The molecule has 0 saturated carbocycles. The average molecular weight is 287 g/mol. The molecule has 0 rings (SSSR count). The Morgan fingerprint density at radius 3 is 2.10 bits per heavy atom. The van der Waals surface area contributed by atoms with E-state index in [4.69, 9.17) is 10.5 Å². The molecule has 0 aliphatic carbocycles. The van der Waals surface area contributed by atoms with Gasteiger partial charge >= 0.3 is 0 Å². The molecule has 0 heterocycles. The lowest BCUT2D eigenvalue weighted by Gasteiger charge is -2.35. The van der Waals surface area contributed by atoms with Gasteiger partial charge in [-0.2, -0.15) is 0 Å². The van der Waals surface area contributed by atoms with Crippen LogP contribution in [0.1, 0.15) is 26.7 Å². The van der Waals surface area contributed by atoms with E-state index in [1.165, 1.54) is 4.90 Å². The molecule has 0 bridgehead atoms. The van der Waals surface area contributed by atoms with Crippen molar-refractivity contribution < 1.29 is 14.3 Å². The van der Waals surface area contributed by atoms with E-state index in [-0.39, 0.29) is 18.4 Å². The van der Waals surface area contributed by atoms with Gasteiger partial charge in [0, 0.05) is 34.3 Å². The van der Waals surface area contributed by atoms with Crippen molar-refractivity contribution in [3.05, 3.63) is 0 Å². The highest BCUT2D eigenvalue weighted by atomic mass is 16.5. The van der Waals surface area contributed by atoms with Crippen molar-refractivity contribution in [1.82, 2.24) is 9.80 Å². The van der Waals surface area contributed by atoms with Gasteiger partial charge in [-0.15, -0.1) is 0 Å². The molecule has 20 heavy (non-hydrogen) atoms. The molecule has 0 aliphatic rings. The third kappa shape index (κ3) is 4.76. The number of carbonyl (C=O) groups is 2. The third-order valence-corrected chi connectivity index (χ3v) is 3.88. The first-order valence-corrected chi connectivity index (χ1v) is 7.07. The zero-order chi connectivity index (χ0) is 15.8. The monoisotopic (exact) mass is 287 g/mol. The Morgan fingerprint density at radius 2 is 1.75 bits per heavy atom. The van der Waals surface area contributed by atoms with Crippen LogP contribution in [-0.2, 0) is 14.3 Å². The molecule has 0 aliphatic heterocycles. The van der Waals surface area contributed by atoms with Crippen LogP contribution in [-0.4, -0.2) is 69.1 Å². The summed E-state index contributed by atoms with van der Waals surface area (Å²) in [6, 6.07) is 0. The summed E-state index contributed by atoms with van der Waals surface area (Å²) in [5.41, 5.74) is 5.23. The number of rotatable bonds is 9. The molecule has 6 heteroatoms. The smallest absolute Gasteiger partial charge is 0.241 e. The van der Waals surface area contributed by atoms with Gasteiger partial charge < -0.3 is 20.3 Å². The maximum atomic E-state index is 12.7. The number of amides is 2. The minimum Gasteiger partial charge on any atom is -0.383 e. The van der Waals surface area contributed by atoms with Gasteiger partial charge in [-0.25, -0.2) is 0 Å². The molecule has 0 unspecified atom stereocenters. The lowest BCUT2D eigenvalue weighted by molar-refractivity contribution is -0.147. The molecule has 0 radical (unpaired) electrons. The minimum atomic E-state index is -0.583. The van der Waals surface area contributed by atoms with Crippen molar-refractivity contribution in [3.63, 3.8) is 0 Å². The molecule has 2 N–H and O–H groups in total. The van der Waals surface area contributed by atoms with E-state index in [0.717, 1.165) is 0 Å². The second-order valence-electron chi connectivity index (χ2n) is 5.20. The predicted molar refractivity (Wildman–Crippen MR) is 79.2 cm³/mol. The Hall–Kier alpha value is -1.14. The number of ether oxygens (including phenoxy) is 1. The van der Waals surface area contributed by atoms with Gasteiger partial charge in [-0.3, -0.25) is 9.59 Å². The van der Waals surface area contributed by atoms with Crippen LogP contribution in [0.4, 0.5) is 0 Å². The van der Waals surface area contributed by atoms with E-state index in [9.17, 15) is 9.59 Å². The predicted octanol–water partition coefficient (Wildman–Crippen LogP) is 0.315. The molecular formula is C14H29N3O3. The van der Waals surface area contributed by atoms with Crippen LogP contribution in [0.3, 0.4) is 0 Å². The average Bonchev–Trinajstić information content (AvgIpc) is 2.45. The van der Waals surface area contributed by atoms with Gasteiger partial charge in [-0.05, 0) is 12.8 Å². The molecular weight excluding hydrogens is 258 g/mol. The van der Waals surface area contributed by atoms with Gasteiger partial charge in [0.2, 0.25) is 11.8 Å². The number of methoxy groups -OCH3 is 1. The topological polar surface area (TPSA) is 75.9 Å². The van der Waals surface area contributed by atoms with Crippen LogP contribution in [0.2, 0.25) is 0 Å². The Bertz CT molecular complexity index is 307. The van der Waals surface area contributed by atoms with Crippen molar-refractivity contribution >= 4 is 11.8 Å². The normalized spacial score (nSPS) is 11.3. The van der Waals surface area contributed by atoms with Crippen LogP contribution in [0.15, 0.2) is 0 Å². The quantitative estimate of drug-likeness (QED) is 0.662. The summed E-state index contributed by atoms with van der Waals surface area (Å²) in [4.78, 5) is 27.7. The first kappa shape index (κ1) is 18.9. The zero-order valence-electron chi connectivity index (χ0n) is 13.4. The largest absolute Gasteiger partial charge is 0.383 e. The molecule has 0 spiro atoms. The summed E-state index contributed by atoms with van der Waals surface area (Å²) in [5.74, 6) is -0.162. The highest BCUT2D eigenvalue weighted by molar-refractivity contribution is 5.88. The Morgan fingerprint density at radius 1 is 1.20 bits per heavy atom. The highest BCUT2D eigenvalue weighted by Crippen LogP contribution is 2.27. The SMILES string of the molecule is CCC(CC)(CN)C(=O)N(CCOC)CC(=O)N(C)C. The molecule has 0 fully saturated rings. The maximum Gasteiger partial charge on any atom is 0.241 e. The second-order valence-corrected chi connectivity index (χ2v) is 5.20. The van der Waals surface area contributed by atoms with Crippen LogP contribution in [0, 0.1) is 5.41 Å². The van der Waals surface area contributed by atoms with Gasteiger partial charge in [0.25, 0.3) is 0 Å². The van der Waals surface area contributed by atoms with Crippen LogP contribution in [0.25, 0.3) is 0 Å². The van der Waals surface area contributed by atoms with Crippen molar-refractivity contribution in [3.8, 4) is 0 Å². The van der Waals surface area contributed by atoms with Crippen molar-refractivity contribution in [1.29, 1.82) is 0 Å². The highest BCUT2D eigenvalue weighted by Gasteiger charge is 2.37. The van der Waals surface area contributed by atoms with Gasteiger partial charge in [-0.1, -0.05) is 13.8 Å². The summed E-state index contributed by atoms with van der Waals surface area (Å²) < 4.78 is 5.03. The standard InChI is InChI=1S/C14H29N3O3/c1-6-14(7-2,11-15)13(19)17(8-9-20-5)10-12(18)16(3)4/h6-11,15H2,1-5H3. The summed E-state index contributed by atoms with van der Waals surface area (Å²) >= 11 is 0. The minimum absolute atomic E-state index is 0.0581. The molecule has 0 saturated heterocycles. The zero-order valence-corrected chi connectivity index (χ0v) is 13.4. The van der Waals surface area contributed by atoms with Gasteiger partial charge in [0.1, 0.15) is 0 Å². The lowest BCUT2D eigenvalue weighted by Crippen LogP contribution is -2.51. The van der Waals surface area contributed by atoms with Crippen LogP contribution < -0.4 is 5.73 Å². The summed E-state index contributed by atoms with van der Waals surface area (Å²) in [7, 11) is 4.93. The Kier molecular flexibility index (Phi) is 8.41. The van der Waals surface area contributed by atoms with Gasteiger partial charge in [0.05, 0.1) is 18.6 Å². The fourth-order valence-electron chi connectivity index (χ4n) is 2.02. The second kappa shape index (κ2) is 8.92. The van der Waals surface area contributed by atoms with Crippen molar-refractivity contribution in [2.75, 3.05) is 47.4 Å². The summed E-state index contributed by atoms with van der Waals surface area (Å²) in [6.07, 6.45) is 1.33. The number of likely N-dealkylation sites (N-methyl/N-ethyl adjacent to an activating group) is 1. The summed E-state index contributed by atoms with van der Waals surface area (Å²) in [5, 5.41) is 0. The molecule has 118 valence electrons. The van der Waals surface area contributed by atoms with Crippen molar-refractivity contribution in [2.45, 2.75) is 26.7 Å². The molecule has 0 aromatic carbocycles. The lowest BCUT2D eigenvalue weighted by atomic mass is 9.81. The third-order valence-electron chi connectivity index (χ3n) is 3.88. The van der Waals surface area contributed by atoms with E-state index in [2.05, 4.69) is 0 Å². The Labute approximate surface area is 122 Å².